The Kier molecular flexibility index (Phi) is 3.81. The van der Waals surface area contributed by atoms with Crippen molar-refractivity contribution in [2.24, 2.45) is 0 Å². The number of aromatic amines is 1. The molecule has 0 fully saturated rings. The molecule has 1 heterocycles. The second-order valence-electron chi connectivity index (χ2n) is 4.09. The SMILES string of the molecule is CCc1cnc(N(CC)Cc2ccccc2)[nH]1. The number of rotatable bonds is 5. The highest BCUT2D eigenvalue weighted by atomic mass is 15.3. The van der Waals surface area contributed by atoms with E-state index in [4.69, 9.17) is 0 Å². The Morgan fingerprint density at radius 1 is 1.18 bits per heavy atom. The van der Waals surface area contributed by atoms with Gasteiger partial charge in [0.1, 0.15) is 0 Å². The number of aryl methyl sites for hydroxylation is 1. The molecule has 0 spiro atoms. The summed E-state index contributed by atoms with van der Waals surface area (Å²) < 4.78 is 0. The Labute approximate surface area is 103 Å². The van der Waals surface area contributed by atoms with Crippen molar-refractivity contribution in [1.29, 1.82) is 0 Å². The molecule has 90 valence electrons. The molecule has 1 N–H and O–H groups in total. The first-order valence-corrected chi connectivity index (χ1v) is 6.16. The van der Waals surface area contributed by atoms with Gasteiger partial charge >= 0.3 is 0 Å². The van der Waals surface area contributed by atoms with Crippen molar-refractivity contribution in [3.63, 3.8) is 0 Å². The summed E-state index contributed by atoms with van der Waals surface area (Å²) in [7, 11) is 0. The lowest BCUT2D eigenvalue weighted by Gasteiger charge is -2.19. The van der Waals surface area contributed by atoms with Gasteiger partial charge in [0.2, 0.25) is 5.95 Å². The molecule has 0 bridgehead atoms. The zero-order valence-electron chi connectivity index (χ0n) is 10.5. The zero-order chi connectivity index (χ0) is 12.1. The van der Waals surface area contributed by atoms with Gasteiger partial charge in [-0.1, -0.05) is 37.3 Å². The van der Waals surface area contributed by atoms with Crippen LogP contribution in [0.2, 0.25) is 0 Å². The first-order valence-electron chi connectivity index (χ1n) is 6.16. The predicted molar refractivity (Wildman–Crippen MR) is 71.1 cm³/mol. The topological polar surface area (TPSA) is 31.9 Å². The fourth-order valence-corrected chi connectivity index (χ4v) is 1.83. The number of aromatic nitrogens is 2. The second-order valence-corrected chi connectivity index (χ2v) is 4.09. The molecular formula is C14H19N3. The van der Waals surface area contributed by atoms with Gasteiger partial charge in [0.05, 0.1) is 6.20 Å². The van der Waals surface area contributed by atoms with Crippen LogP contribution in [0.5, 0.6) is 0 Å². The van der Waals surface area contributed by atoms with E-state index in [0.29, 0.717) is 0 Å². The van der Waals surface area contributed by atoms with Crippen LogP contribution in [0.4, 0.5) is 5.95 Å². The molecule has 1 aromatic heterocycles. The Morgan fingerprint density at radius 3 is 2.53 bits per heavy atom. The van der Waals surface area contributed by atoms with Crippen LogP contribution in [0.15, 0.2) is 36.5 Å². The molecule has 0 saturated carbocycles. The Balaban J connectivity index is 2.11. The van der Waals surface area contributed by atoms with Crippen molar-refractivity contribution >= 4 is 5.95 Å². The first kappa shape index (κ1) is 11.7. The van der Waals surface area contributed by atoms with Crippen molar-refractivity contribution in [3.8, 4) is 0 Å². The maximum Gasteiger partial charge on any atom is 0.203 e. The molecule has 0 aliphatic heterocycles. The van der Waals surface area contributed by atoms with Gasteiger partial charge in [-0.15, -0.1) is 0 Å². The fourth-order valence-electron chi connectivity index (χ4n) is 1.83. The predicted octanol–water partition coefficient (Wildman–Crippen LogP) is 3.00. The van der Waals surface area contributed by atoms with Gasteiger partial charge in [-0.05, 0) is 18.9 Å². The summed E-state index contributed by atoms with van der Waals surface area (Å²) in [4.78, 5) is 10.0. The van der Waals surface area contributed by atoms with Crippen molar-refractivity contribution in [1.82, 2.24) is 9.97 Å². The summed E-state index contributed by atoms with van der Waals surface area (Å²) in [5.74, 6) is 0.966. The van der Waals surface area contributed by atoms with E-state index in [1.807, 2.05) is 12.3 Å². The molecule has 0 aliphatic rings. The molecule has 2 rings (SSSR count). The molecule has 0 unspecified atom stereocenters. The maximum atomic E-state index is 4.42. The summed E-state index contributed by atoms with van der Waals surface area (Å²) in [6, 6.07) is 10.5. The van der Waals surface area contributed by atoms with Crippen LogP contribution < -0.4 is 4.90 Å². The largest absolute Gasteiger partial charge is 0.338 e. The number of hydrogen-bond acceptors (Lipinski definition) is 2. The standard InChI is InChI=1S/C14H19N3/c1-3-13-10-15-14(16-13)17(4-2)11-12-8-6-5-7-9-12/h5-10H,3-4,11H2,1-2H3,(H,15,16). The molecule has 2 aromatic rings. The van der Waals surface area contributed by atoms with E-state index in [2.05, 4.69) is 53.0 Å². The van der Waals surface area contributed by atoms with Crippen LogP contribution in [-0.4, -0.2) is 16.5 Å². The molecule has 3 heteroatoms. The number of anilines is 1. The monoisotopic (exact) mass is 229 g/mol. The third-order valence-corrected chi connectivity index (χ3v) is 2.89. The van der Waals surface area contributed by atoms with Crippen LogP contribution in [-0.2, 0) is 13.0 Å². The summed E-state index contributed by atoms with van der Waals surface area (Å²) >= 11 is 0. The number of imidazole rings is 1. The van der Waals surface area contributed by atoms with Crippen molar-refractivity contribution in [2.45, 2.75) is 26.8 Å². The van der Waals surface area contributed by atoms with E-state index in [0.717, 1.165) is 25.5 Å². The Morgan fingerprint density at radius 2 is 1.94 bits per heavy atom. The van der Waals surface area contributed by atoms with Crippen LogP contribution in [0.25, 0.3) is 0 Å². The van der Waals surface area contributed by atoms with E-state index in [1.165, 1.54) is 11.3 Å². The van der Waals surface area contributed by atoms with Crippen LogP contribution in [0.3, 0.4) is 0 Å². The zero-order valence-corrected chi connectivity index (χ0v) is 10.5. The molecule has 0 saturated heterocycles. The molecule has 0 aliphatic carbocycles. The lowest BCUT2D eigenvalue weighted by atomic mass is 10.2. The number of nitrogens with zero attached hydrogens (tertiary/aromatic N) is 2. The number of H-pyrrole nitrogens is 1. The van der Waals surface area contributed by atoms with E-state index in [9.17, 15) is 0 Å². The van der Waals surface area contributed by atoms with Gasteiger partial charge in [0.25, 0.3) is 0 Å². The van der Waals surface area contributed by atoms with Crippen LogP contribution in [0, 0.1) is 0 Å². The summed E-state index contributed by atoms with van der Waals surface area (Å²) in [6.45, 7) is 6.13. The second kappa shape index (κ2) is 5.53. The quantitative estimate of drug-likeness (QED) is 0.854. The summed E-state index contributed by atoms with van der Waals surface area (Å²) in [6.07, 6.45) is 2.92. The minimum absolute atomic E-state index is 0.897. The smallest absolute Gasteiger partial charge is 0.203 e. The number of benzene rings is 1. The first-order chi connectivity index (χ1) is 8.33. The molecule has 3 nitrogen and oxygen atoms in total. The molecule has 0 atom stereocenters. The minimum atomic E-state index is 0.897. The van der Waals surface area contributed by atoms with Crippen molar-refractivity contribution in [3.05, 3.63) is 47.8 Å². The van der Waals surface area contributed by atoms with Crippen molar-refractivity contribution in [2.75, 3.05) is 11.4 Å². The average Bonchev–Trinajstić information content (AvgIpc) is 2.86. The molecular weight excluding hydrogens is 210 g/mol. The minimum Gasteiger partial charge on any atom is -0.338 e. The Bertz CT molecular complexity index is 448. The Hall–Kier alpha value is -1.77. The van der Waals surface area contributed by atoms with E-state index < -0.39 is 0 Å². The summed E-state index contributed by atoms with van der Waals surface area (Å²) in [5, 5.41) is 0. The number of hydrogen-bond donors (Lipinski definition) is 1. The average molecular weight is 229 g/mol. The highest BCUT2D eigenvalue weighted by molar-refractivity contribution is 5.33. The lowest BCUT2D eigenvalue weighted by molar-refractivity contribution is 0.799. The number of nitrogens with one attached hydrogen (secondary N) is 1. The van der Waals surface area contributed by atoms with Crippen LogP contribution >= 0.6 is 0 Å². The third-order valence-electron chi connectivity index (χ3n) is 2.89. The third kappa shape index (κ3) is 2.87. The van der Waals surface area contributed by atoms with E-state index in [1.54, 1.807) is 0 Å². The molecule has 0 radical (unpaired) electrons. The van der Waals surface area contributed by atoms with Gasteiger partial charge < -0.3 is 9.88 Å². The van der Waals surface area contributed by atoms with Gasteiger partial charge in [0, 0.05) is 18.8 Å². The highest BCUT2D eigenvalue weighted by Crippen LogP contribution is 2.13. The maximum absolute atomic E-state index is 4.42. The normalized spacial score (nSPS) is 10.5. The molecule has 0 amide bonds. The van der Waals surface area contributed by atoms with E-state index in [-0.39, 0.29) is 0 Å². The van der Waals surface area contributed by atoms with Crippen LogP contribution in [0.1, 0.15) is 25.1 Å². The van der Waals surface area contributed by atoms with Gasteiger partial charge in [-0.2, -0.15) is 0 Å². The molecule has 17 heavy (non-hydrogen) atoms. The van der Waals surface area contributed by atoms with Crippen molar-refractivity contribution < 1.29 is 0 Å². The molecule has 1 aromatic carbocycles. The van der Waals surface area contributed by atoms with Gasteiger partial charge in [-0.25, -0.2) is 4.98 Å². The van der Waals surface area contributed by atoms with E-state index >= 15 is 0 Å². The fraction of sp³-hybridized carbons (Fsp3) is 0.357. The van der Waals surface area contributed by atoms with Gasteiger partial charge in [0.15, 0.2) is 0 Å². The lowest BCUT2D eigenvalue weighted by Crippen LogP contribution is -2.23. The summed E-state index contributed by atoms with van der Waals surface area (Å²) in [5.41, 5.74) is 2.50. The van der Waals surface area contributed by atoms with Gasteiger partial charge in [-0.3, -0.25) is 0 Å². The highest BCUT2D eigenvalue weighted by Gasteiger charge is 2.08.